The van der Waals surface area contributed by atoms with Crippen LogP contribution in [0.1, 0.15) is 30.1 Å². The molecule has 0 bridgehead atoms. The maximum atomic E-state index is 12.6. The second kappa shape index (κ2) is 6.58. The van der Waals surface area contributed by atoms with Gasteiger partial charge in [0.05, 0.1) is 17.3 Å². The van der Waals surface area contributed by atoms with Crippen LogP contribution in [0, 0.1) is 5.92 Å². The summed E-state index contributed by atoms with van der Waals surface area (Å²) in [4.78, 5) is 18.7. The molecule has 1 aromatic heterocycles. The molecule has 2 atom stereocenters. The zero-order valence-electron chi connectivity index (χ0n) is 12.6. The molecule has 1 amide bonds. The quantitative estimate of drug-likeness (QED) is 0.947. The Morgan fingerprint density at radius 3 is 2.82 bits per heavy atom. The maximum Gasteiger partial charge on any atom is 0.253 e. The standard InChI is InChI=1S/C17H20N2O2S/c1-12(20)15-3-2-8-19(9-15)17(21)14-6-4-13(5-7-14)16-10-22-11-18-16/h4-7,10-12,15,20H,2-3,8-9H2,1H3. The molecule has 3 rings (SSSR count). The fourth-order valence-corrected chi connectivity index (χ4v) is 3.47. The van der Waals surface area contributed by atoms with Crippen molar-refractivity contribution in [3.05, 3.63) is 40.7 Å². The lowest BCUT2D eigenvalue weighted by atomic mass is 9.93. The molecule has 2 heterocycles. The molecule has 1 aliphatic rings. The van der Waals surface area contributed by atoms with Crippen molar-refractivity contribution in [3.63, 3.8) is 0 Å². The van der Waals surface area contributed by atoms with Crippen molar-refractivity contribution in [2.24, 2.45) is 5.92 Å². The van der Waals surface area contributed by atoms with E-state index in [2.05, 4.69) is 4.98 Å². The molecule has 1 saturated heterocycles. The van der Waals surface area contributed by atoms with Crippen LogP contribution in [-0.2, 0) is 0 Å². The average molecular weight is 316 g/mol. The van der Waals surface area contributed by atoms with Crippen molar-refractivity contribution in [2.75, 3.05) is 13.1 Å². The monoisotopic (exact) mass is 316 g/mol. The molecule has 0 saturated carbocycles. The maximum absolute atomic E-state index is 12.6. The lowest BCUT2D eigenvalue weighted by Gasteiger charge is -2.34. The molecule has 1 aromatic carbocycles. The summed E-state index contributed by atoms with van der Waals surface area (Å²) in [7, 11) is 0. The van der Waals surface area contributed by atoms with Crippen LogP contribution in [0.3, 0.4) is 0 Å². The van der Waals surface area contributed by atoms with Gasteiger partial charge in [-0.05, 0) is 31.9 Å². The number of likely N-dealkylation sites (tertiary alicyclic amines) is 1. The van der Waals surface area contributed by atoms with E-state index in [1.165, 1.54) is 0 Å². The van der Waals surface area contributed by atoms with Gasteiger partial charge in [-0.15, -0.1) is 11.3 Å². The number of hydrogen-bond donors (Lipinski definition) is 1. The average Bonchev–Trinajstić information content (AvgIpc) is 3.09. The smallest absolute Gasteiger partial charge is 0.253 e. The zero-order valence-corrected chi connectivity index (χ0v) is 13.4. The van der Waals surface area contributed by atoms with E-state index in [1.54, 1.807) is 23.8 Å². The Labute approximate surface area is 134 Å². The molecule has 2 unspecified atom stereocenters. The largest absolute Gasteiger partial charge is 0.393 e. The number of piperidine rings is 1. The van der Waals surface area contributed by atoms with Gasteiger partial charge < -0.3 is 10.0 Å². The highest BCUT2D eigenvalue weighted by atomic mass is 32.1. The van der Waals surface area contributed by atoms with Crippen molar-refractivity contribution in [1.82, 2.24) is 9.88 Å². The van der Waals surface area contributed by atoms with Gasteiger partial charge in [-0.1, -0.05) is 12.1 Å². The van der Waals surface area contributed by atoms with Crippen molar-refractivity contribution >= 4 is 17.2 Å². The van der Waals surface area contributed by atoms with Crippen molar-refractivity contribution < 1.29 is 9.90 Å². The normalized spacial score (nSPS) is 19.9. The fraction of sp³-hybridized carbons (Fsp3) is 0.412. The van der Waals surface area contributed by atoms with Gasteiger partial charge in [-0.2, -0.15) is 0 Å². The molecule has 1 aliphatic heterocycles. The second-order valence-electron chi connectivity index (χ2n) is 5.85. The van der Waals surface area contributed by atoms with Crippen molar-refractivity contribution in [1.29, 1.82) is 0 Å². The van der Waals surface area contributed by atoms with Crippen LogP contribution in [0.4, 0.5) is 0 Å². The lowest BCUT2D eigenvalue weighted by Crippen LogP contribution is -2.42. The number of aliphatic hydroxyl groups excluding tert-OH is 1. The first kappa shape index (κ1) is 15.2. The molecule has 0 radical (unpaired) electrons. The predicted molar refractivity (Wildman–Crippen MR) is 87.9 cm³/mol. The SMILES string of the molecule is CC(O)C1CCCN(C(=O)c2ccc(-c3cscn3)cc2)C1. The first-order chi connectivity index (χ1) is 10.6. The summed E-state index contributed by atoms with van der Waals surface area (Å²) in [6, 6.07) is 7.61. The van der Waals surface area contributed by atoms with Crippen molar-refractivity contribution in [3.8, 4) is 11.3 Å². The van der Waals surface area contributed by atoms with E-state index >= 15 is 0 Å². The first-order valence-electron chi connectivity index (χ1n) is 7.61. The van der Waals surface area contributed by atoms with Crippen LogP contribution in [0.25, 0.3) is 11.3 Å². The van der Waals surface area contributed by atoms with Gasteiger partial charge in [0, 0.05) is 35.5 Å². The molecule has 0 spiro atoms. The summed E-state index contributed by atoms with van der Waals surface area (Å²) in [6.07, 6.45) is 1.59. The number of nitrogens with zero attached hydrogens (tertiary/aromatic N) is 2. The zero-order chi connectivity index (χ0) is 15.5. The van der Waals surface area contributed by atoms with Gasteiger partial charge in [0.25, 0.3) is 5.91 Å². The summed E-state index contributed by atoms with van der Waals surface area (Å²) in [5.74, 6) is 0.238. The highest BCUT2D eigenvalue weighted by Gasteiger charge is 2.26. The molecular weight excluding hydrogens is 296 g/mol. The van der Waals surface area contributed by atoms with Crippen LogP contribution in [0.15, 0.2) is 35.2 Å². The highest BCUT2D eigenvalue weighted by Crippen LogP contribution is 2.23. The number of aromatic nitrogens is 1. The lowest BCUT2D eigenvalue weighted by molar-refractivity contribution is 0.0466. The number of benzene rings is 1. The van der Waals surface area contributed by atoms with Gasteiger partial charge in [-0.3, -0.25) is 4.79 Å². The van der Waals surface area contributed by atoms with E-state index in [4.69, 9.17) is 0 Å². The summed E-state index contributed by atoms with van der Waals surface area (Å²) in [6.45, 7) is 3.22. The van der Waals surface area contributed by atoms with Crippen LogP contribution >= 0.6 is 11.3 Å². The van der Waals surface area contributed by atoms with Gasteiger partial charge in [0.2, 0.25) is 0 Å². The molecule has 0 aliphatic carbocycles. The Balaban J connectivity index is 1.72. The Bertz CT molecular complexity index is 623. The third kappa shape index (κ3) is 3.20. The third-order valence-electron chi connectivity index (χ3n) is 4.29. The summed E-state index contributed by atoms with van der Waals surface area (Å²) >= 11 is 1.56. The second-order valence-corrected chi connectivity index (χ2v) is 6.56. The van der Waals surface area contributed by atoms with Crippen LogP contribution in [-0.4, -0.2) is 40.1 Å². The van der Waals surface area contributed by atoms with Gasteiger partial charge in [0.15, 0.2) is 0 Å². The Morgan fingerprint density at radius 2 is 2.18 bits per heavy atom. The Kier molecular flexibility index (Phi) is 4.55. The van der Waals surface area contributed by atoms with Gasteiger partial charge in [0.1, 0.15) is 0 Å². The molecular formula is C17H20N2O2S. The molecule has 22 heavy (non-hydrogen) atoms. The molecule has 4 nitrogen and oxygen atoms in total. The molecule has 116 valence electrons. The number of thiazole rings is 1. The topological polar surface area (TPSA) is 53.4 Å². The molecule has 1 N–H and O–H groups in total. The Hall–Kier alpha value is -1.72. The van der Waals surface area contributed by atoms with Crippen LogP contribution < -0.4 is 0 Å². The van der Waals surface area contributed by atoms with E-state index in [0.29, 0.717) is 12.1 Å². The third-order valence-corrected chi connectivity index (χ3v) is 4.87. The summed E-state index contributed by atoms with van der Waals surface area (Å²) < 4.78 is 0. The van der Waals surface area contributed by atoms with Crippen LogP contribution in [0.5, 0.6) is 0 Å². The Morgan fingerprint density at radius 1 is 1.41 bits per heavy atom. The van der Waals surface area contributed by atoms with Crippen LogP contribution in [0.2, 0.25) is 0 Å². The van der Waals surface area contributed by atoms with E-state index in [1.807, 2.05) is 34.5 Å². The minimum atomic E-state index is -0.359. The molecule has 2 aromatic rings. The fourth-order valence-electron chi connectivity index (χ4n) is 2.91. The first-order valence-corrected chi connectivity index (χ1v) is 8.55. The number of carbonyl (C=O) groups excluding carboxylic acids is 1. The number of carbonyl (C=O) groups is 1. The minimum absolute atomic E-state index is 0.0511. The van der Waals surface area contributed by atoms with Crippen molar-refractivity contribution in [2.45, 2.75) is 25.9 Å². The number of rotatable bonds is 3. The van der Waals surface area contributed by atoms with E-state index in [9.17, 15) is 9.90 Å². The number of amides is 1. The number of aliphatic hydroxyl groups is 1. The summed E-state index contributed by atoms with van der Waals surface area (Å²) in [5, 5.41) is 11.7. The van der Waals surface area contributed by atoms with E-state index < -0.39 is 0 Å². The van der Waals surface area contributed by atoms with E-state index in [-0.39, 0.29) is 17.9 Å². The highest BCUT2D eigenvalue weighted by molar-refractivity contribution is 7.07. The molecule has 5 heteroatoms. The molecule has 1 fully saturated rings. The number of hydrogen-bond acceptors (Lipinski definition) is 4. The van der Waals surface area contributed by atoms with Gasteiger partial charge >= 0.3 is 0 Å². The predicted octanol–water partition coefficient (Wildman–Crippen LogP) is 3.04. The van der Waals surface area contributed by atoms with E-state index in [0.717, 1.165) is 30.6 Å². The van der Waals surface area contributed by atoms with Gasteiger partial charge in [-0.25, -0.2) is 4.98 Å². The summed E-state index contributed by atoms with van der Waals surface area (Å²) in [5.41, 5.74) is 4.47. The minimum Gasteiger partial charge on any atom is -0.393 e.